The highest BCUT2D eigenvalue weighted by Crippen LogP contribution is 2.29. The third kappa shape index (κ3) is 5.92. The molecule has 0 amide bonds. The van der Waals surface area contributed by atoms with Crippen LogP contribution in [0.25, 0.3) is 12.2 Å². The number of ketones is 2. The number of benzene rings is 3. The second kappa shape index (κ2) is 10.5. The zero-order valence-electron chi connectivity index (χ0n) is 19.7. The fourth-order valence-corrected chi connectivity index (χ4v) is 3.26. The minimum atomic E-state index is -0.480. The van der Waals surface area contributed by atoms with Crippen molar-refractivity contribution in [3.05, 3.63) is 95.1 Å². The van der Waals surface area contributed by atoms with Crippen LogP contribution in [0.2, 0.25) is 0 Å². The summed E-state index contributed by atoms with van der Waals surface area (Å²) in [5.41, 5.74) is 3.57. The summed E-state index contributed by atoms with van der Waals surface area (Å²) < 4.78 is 0. The van der Waals surface area contributed by atoms with Crippen molar-refractivity contribution in [3.8, 4) is 11.5 Å². The number of carbonyl (C=O) groups excluding carboxylic acids is 2. The lowest BCUT2D eigenvalue weighted by atomic mass is 10.0. The number of phenols is 2. The number of carbonyl (C=O) groups is 2. The molecule has 0 atom stereocenters. The van der Waals surface area contributed by atoms with Gasteiger partial charge in [0.15, 0.2) is 11.6 Å². The van der Waals surface area contributed by atoms with Crippen LogP contribution in [0.5, 0.6) is 11.5 Å². The topological polar surface area (TPSA) is 81.1 Å². The molecule has 0 aromatic heterocycles. The number of allylic oxidation sites excluding steroid dienone is 2. The van der Waals surface area contributed by atoms with Gasteiger partial charge in [0.2, 0.25) is 0 Å². The van der Waals surface area contributed by atoms with Crippen LogP contribution < -0.4 is 9.80 Å². The molecule has 0 unspecified atom stereocenters. The molecule has 0 fully saturated rings. The number of phenolic OH excluding ortho intramolecular Hbond substituents is 2. The summed E-state index contributed by atoms with van der Waals surface area (Å²) in [7, 11) is 7.77. The van der Waals surface area contributed by atoms with Gasteiger partial charge in [0, 0.05) is 45.6 Å². The molecule has 0 aliphatic heterocycles. The lowest BCUT2D eigenvalue weighted by molar-refractivity contribution is 0.104. The highest BCUT2D eigenvalue weighted by molar-refractivity contribution is 6.13. The summed E-state index contributed by atoms with van der Waals surface area (Å²) >= 11 is 0. The molecule has 0 bridgehead atoms. The van der Waals surface area contributed by atoms with Gasteiger partial charge in [0.1, 0.15) is 11.5 Å². The van der Waals surface area contributed by atoms with Gasteiger partial charge in [-0.2, -0.15) is 0 Å². The van der Waals surface area contributed by atoms with E-state index in [4.69, 9.17) is 0 Å². The third-order valence-corrected chi connectivity index (χ3v) is 5.32. The molecule has 0 spiro atoms. The van der Waals surface area contributed by atoms with E-state index < -0.39 is 23.1 Å². The molecule has 0 saturated carbocycles. The van der Waals surface area contributed by atoms with Crippen molar-refractivity contribution in [3.63, 3.8) is 0 Å². The molecule has 6 heteroatoms. The number of hydrogen-bond donors (Lipinski definition) is 2. The third-order valence-electron chi connectivity index (χ3n) is 5.32. The Balaban J connectivity index is 1.79. The van der Waals surface area contributed by atoms with Crippen molar-refractivity contribution >= 4 is 35.1 Å². The van der Waals surface area contributed by atoms with Gasteiger partial charge in [0.25, 0.3) is 0 Å². The van der Waals surface area contributed by atoms with E-state index in [1.165, 1.54) is 18.2 Å². The predicted molar refractivity (Wildman–Crippen MR) is 138 cm³/mol. The predicted octanol–water partition coefficient (Wildman–Crippen LogP) is 5.02. The fourth-order valence-electron chi connectivity index (χ4n) is 3.26. The average molecular weight is 457 g/mol. The van der Waals surface area contributed by atoms with Crippen LogP contribution in [0.15, 0.2) is 72.8 Å². The molecule has 3 aromatic carbocycles. The summed E-state index contributed by atoms with van der Waals surface area (Å²) in [6.07, 6.45) is 5.92. The lowest BCUT2D eigenvalue weighted by Crippen LogP contribution is -2.07. The Morgan fingerprint density at radius 3 is 1.29 bits per heavy atom. The maximum atomic E-state index is 12.7. The normalized spacial score (nSPS) is 11.2. The van der Waals surface area contributed by atoms with Crippen LogP contribution in [0.3, 0.4) is 0 Å². The Bertz CT molecular complexity index is 1140. The first-order valence-electron chi connectivity index (χ1n) is 10.7. The molecule has 3 aromatic rings. The number of rotatable bonds is 8. The van der Waals surface area contributed by atoms with Gasteiger partial charge in [-0.05, 0) is 53.6 Å². The number of hydrogen-bond acceptors (Lipinski definition) is 6. The summed E-state index contributed by atoms with van der Waals surface area (Å²) in [4.78, 5) is 29.3. The maximum absolute atomic E-state index is 12.7. The van der Waals surface area contributed by atoms with Gasteiger partial charge in [-0.25, -0.2) is 0 Å². The standard InChI is InChI=1S/C28H28N2O4/c1-29(2)21-11-5-19(6-12-21)9-15-25(31)23-17-24(28(34)18-27(23)33)26(32)16-10-20-7-13-22(14-8-20)30(3)4/h5-18,33-34H,1-4H3/b15-9+,16-10+. The molecule has 0 radical (unpaired) electrons. The van der Waals surface area contributed by atoms with Crippen LogP contribution in [0.4, 0.5) is 11.4 Å². The minimum Gasteiger partial charge on any atom is -0.507 e. The summed E-state index contributed by atoms with van der Waals surface area (Å²) in [5.74, 6) is -1.75. The van der Waals surface area contributed by atoms with Crippen molar-refractivity contribution < 1.29 is 19.8 Å². The molecule has 34 heavy (non-hydrogen) atoms. The van der Waals surface area contributed by atoms with Crippen molar-refractivity contribution in [2.75, 3.05) is 38.0 Å². The first kappa shape index (κ1) is 24.3. The van der Waals surface area contributed by atoms with E-state index in [1.54, 1.807) is 12.2 Å². The zero-order chi connectivity index (χ0) is 24.8. The molecule has 0 aliphatic carbocycles. The van der Waals surface area contributed by atoms with Gasteiger partial charge in [-0.1, -0.05) is 36.4 Å². The molecule has 174 valence electrons. The largest absolute Gasteiger partial charge is 0.507 e. The van der Waals surface area contributed by atoms with E-state index in [1.807, 2.05) is 86.5 Å². The molecular weight excluding hydrogens is 428 g/mol. The van der Waals surface area contributed by atoms with Crippen molar-refractivity contribution in [1.82, 2.24) is 0 Å². The zero-order valence-corrected chi connectivity index (χ0v) is 19.7. The summed E-state index contributed by atoms with van der Waals surface area (Å²) in [5, 5.41) is 20.4. The van der Waals surface area contributed by atoms with Gasteiger partial charge < -0.3 is 20.0 Å². The molecule has 0 heterocycles. The Hall–Kier alpha value is -4.32. The van der Waals surface area contributed by atoms with Crippen LogP contribution in [0.1, 0.15) is 31.8 Å². The Morgan fingerprint density at radius 2 is 0.971 bits per heavy atom. The van der Waals surface area contributed by atoms with E-state index in [-0.39, 0.29) is 11.1 Å². The second-order valence-corrected chi connectivity index (χ2v) is 8.25. The fraction of sp³-hybridized carbons (Fsp3) is 0.143. The Kier molecular flexibility index (Phi) is 7.53. The smallest absolute Gasteiger partial charge is 0.189 e. The number of nitrogens with zero attached hydrogens (tertiary/aromatic N) is 2. The molecular formula is C28H28N2O4. The quantitative estimate of drug-likeness (QED) is 0.366. The first-order chi connectivity index (χ1) is 16.2. The highest BCUT2D eigenvalue weighted by Gasteiger charge is 2.17. The Labute approximate surface area is 199 Å². The molecule has 6 nitrogen and oxygen atoms in total. The van der Waals surface area contributed by atoms with Crippen LogP contribution in [0, 0.1) is 0 Å². The summed E-state index contributed by atoms with van der Waals surface area (Å²) in [6, 6.07) is 17.5. The van der Waals surface area contributed by atoms with Crippen LogP contribution in [-0.2, 0) is 0 Å². The van der Waals surface area contributed by atoms with E-state index in [0.29, 0.717) is 0 Å². The maximum Gasteiger partial charge on any atom is 0.189 e. The van der Waals surface area contributed by atoms with E-state index >= 15 is 0 Å². The molecule has 3 rings (SSSR count). The van der Waals surface area contributed by atoms with Crippen molar-refractivity contribution in [2.45, 2.75) is 0 Å². The average Bonchev–Trinajstić information content (AvgIpc) is 2.81. The van der Waals surface area contributed by atoms with Crippen molar-refractivity contribution in [1.29, 1.82) is 0 Å². The van der Waals surface area contributed by atoms with Gasteiger partial charge in [-0.3, -0.25) is 9.59 Å². The highest BCUT2D eigenvalue weighted by atomic mass is 16.3. The molecule has 0 aliphatic rings. The Morgan fingerprint density at radius 1 is 0.618 bits per heavy atom. The van der Waals surface area contributed by atoms with E-state index in [9.17, 15) is 19.8 Å². The van der Waals surface area contributed by atoms with Crippen LogP contribution in [-0.4, -0.2) is 50.0 Å². The monoisotopic (exact) mass is 456 g/mol. The lowest BCUT2D eigenvalue weighted by Gasteiger charge is -2.11. The van der Waals surface area contributed by atoms with E-state index in [2.05, 4.69) is 0 Å². The van der Waals surface area contributed by atoms with Gasteiger partial charge >= 0.3 is 0 Å². The van der Waals surface area contributed by atoms with Gasteiger partial charge in [-0.15, -0.1) is 0 Å². The number of anilines is 2. The molecule has 2 N–H and O–H groups in total. The minimum absolute atomic E-state index is 0.0638. The summed E-state index contributed by atoms with van der Waals surface area (Å²) in [6.45, 7) is 0. The van der Waals surface area contributed by atoms with Gasteiger partial charge in [0.05, 0.1) is 11.1 Å². The second-order valence-electron chi connectivity index (χ2n) is 8.25. The van der Waals surface area contributed by atoms with E-state index in [0.717, 1.165) is 28.6 Å². The first-order valence-corrected chi connectivity index (χ1v) is 10.7. The van der Waals surface area contributed by atoms with Crippen molar-refractivity contribution in [2.24, 2.45) is 0 Å². The van der Waals surface area contributed by atoms with Crippen LogP contribution >= 0.6 is 0 Å². The molecule has 0 saturated heterocycles. The number of aromatic hydroxyl groups is 2. The SMILES string of the molecule is CN(C)c1ccc(/C=C/C(=O)c2cc(C(=O)/C=C/c3ccc(N(C)C)cc3)c(O)cc2O)cc1.